The number of likely N-dealkylation sites (N-methyl/N-ethyl adjacent to an activating group) is 1. The first-order valence-corrected chi connectivity index (χ1v) is 8.83. The van der Waals surface area contributed by atoms with E-state index in [0.29, 0.717) is 11.1 Å². The van der Waals surface area contributed by atoms with Crippen molar-refractivity contribution in [2.45, 2.75) is 20.4 Å². The molecule has 0 atom stereocenters. The number of halogens is 1. The molecule has 0 fully saturated rings. The van der Waals surface area contributed by atoms with E-state index in [9.17, 15) is 9.59 Å². The molecule has 2 aromatic rings. The van der Waals surface area contributed by atoms with Gasteiger partial charge in [-0.2, -0.15) is 0 Å². The molecule has 0 amide bonds. The first kappa shape index (κ1) is 25.9. The highest BCUT2D eigenvalue weighted by Crippen LogP contribution is 1.97. The number of carbonyl (C=O) groups is 2. The summed E-state index contributed by atoms with van der Waals surface area (Å²) in [6.45, 7) is 8.27. The third-order valence-electron chi connectivity index (χ3n) is 3.93. The van der Waals surface area contributed by atoms with Crippen molar-refractivity contribution in [3.05, 3.63) is 60.2 Å². The molecule has 0 radical (unpaired) electrons. The molecule has 0 aliphatic heterocycles. The molecule has 0 aliphatic carbocycles. The molecule has 154 valence electrons. The average Bonchev–Trinajstić information content (AvgIpc) is 2.74. The van der Waals surface area contributed by atoms with Crippen molar-refractivity contribution in [3.8, 4) is 0 Å². The summed E-state index contributed by atoms with van der Waals surface area (Å²) in [5.41, 5.74) is 1.07. The number of carbonyl (C=O) groups excluding carboxylic acids is 2. The average molecular weight is 501 g/mol. The number of rotatable bonds is 7. The van der Waals surface area contributed by atoms with Gasteiger partial charge in [0.15, 0.2) is 18.9 Å². The van der Waals surface area contributed by atoms with Crippen LogP contribution in [0.3, 0.4) is 0 Å². The summed E-state index contributed by atoms with van der Waals surface area (Å²) in [7, 11) is 2.74. The minimum atomic E-state index is -0.354. The second-order valence-corrected chi connectivity index (χ2v) is 5.58. The maximum atomic E-state index is 11.4. The van der Waals surface area contributed by atoms with Crippen molar-refractivity contribution in [2.24, 2.45) is 0 Å². The predicted octanol–water partition coefficient (Wildman–Crippen LogP) is -1.03. The van der Waals surface area contributed by atoms with E-state index < -0.39 is 0 Å². The van der Waals surface area contributed by atoms with Gasteiger partial charge in [0.25, 0.3) is 0 Å². The van der Waals surface area contributed by atoms with Gasteiger partial charge in [0.1, 0.15) is 5.56 Å². The van der Waals surface area contributed by atoms with Crippen LogP contribution in [-0.2, 0) is 16.0 Å². The third kappa shape index (κ3) is 9.23. The molecule has 0 N–H and O–H groups in total. The number of aromatic nitrogens is 2. The molecule has 28 heavy (non-hydrogen) atoms. The second kappa shape index (κ2) is 14.9. The fourth-order valence-electron chi connectivity index (χ4n) is 2.30. The van der Waals surface area contributed by atoms with Gasteiger partial charge in [0.2, 0.25) is 0 Å². The van der Waals surface area contributed by atoms with Crippen molar-refractivity contribution in [1.29, 1.82) is 0 Å². The quantitative estimate of drug-likeness (QED) is 0.275. The minimum Gasteiger partial charge on any atom is -1.00 e. The number of hydrogen-bond donors (Lipinski definition) is 0. The summed E-state index contributed by atoms with van der Waals surface area (Å²) >= 11 is 0. The van der Waals surface area contributed by atoms with Gasteiger partial charge in [-0.05, 0) is 31.3 Å². The van der Waals surface area contributed by atoms with Crippen molar-refractivity contribution in [3.63, 3.8) is 0 Å². The molecule has 0 unspecified atom stereocenters. The van der Waals surface area contributed by atoms with E-state index in [1.807, 2.05) is 23.0 Å². The zero-order chi connectivity index (χ0) is 20.1. The van der Waals surface area contributed by atoms with Gasteiger partial charge in [-0.15, -0.1) is 0 Å². The molecule has 0 spiro atoms. The molecule has 0 bridgehead atoms. The molecule has 2 aromatic heterocycles. The highest BCUT2D eigenvalue weighted by atomic mass is 127. The van der Waals surface area contributed by atoms with Crippen LogP contribution in [0, 0.1) is 0 Å². The summed E-state index contributed by atoms with van der Waals surface area (Å²) in [6, 6.07) is 6.97. The lowest BCUT2D eigenvalue weighted by Crippen LogP contribution is -3.00. The molecule has 0 aliphatic rings. The van der Waals surface area contributed by atoms with Gasteiger partial charge in [-0.1, -0.05) is 13.8 Å². The van der Waals surface area contributed by atoms with Crippen LogP contribution in [-0.4, -0.2) is 55.7 Å². The van der Waals surface area contributed by atoms with Crippen LogP contribution in [0.25, 0.3) is 0 Å². The topological polar surface area (TPSA) is 72.6 Å². The van der Waals surface area contributed by atoms with Crippen LogP contribution < -0.4 is 28.5 Å². The standard InChI is InChI=1S/C13H21N2O2.C7H7NO2.HI/c1-4-14(5-2)9-10-15-8-6-7-12(11-15)13(16)17-3;1-10-7(9)6-3-2-4-8-5-6;/h6-8,11H,4-5,9-10H2,1-3H3;2-5H,1H3;1H/q+1;;/p-1. The first-order chi connectivity index (χ1) is 13.0. The first-order valence-electron chi connectivity index (χ1n) is 8.83. The summed E-state index contributed by atoms with van der Waals surface area (Å²) in [4.78, 5) is 28.2. The molecular weight excluding hydrogens is 473 g/mol. The summed E-state index contributed by atoms with van der Waals surface area (Å²) in [5, 5.41) is 0. The Morgan fingerprint density at radius 3 is 2.18 bits per heavy atom. The van der Waals surface area contributed by atoms with E-state index in [1.54, 1.807) is 24.4 Å². The van der Waals surface area contributed by atoms with Crippen LogP contribution in [0.5, 0.6) is 0 Å². The Bertz CT molecular complexity index is 710. The third-order valence-corrected chi connectivity index (χ3v) is 3.93. The van der Waals surface area contributed by atoms with Crippen molar-refractivity contribution in [2.75, 3.05) is 33.9 Å². The Kier molecular flexibility index (Phi) is 13.8. The molecule has 0 saturated carbocycles. The van der Waals surface area contributed by atoms with Crippen molar-refractivity contribution >= 4 is 11.9 Å². The lowest BCUT2D eigenvalue weighted by Gasteiger charge is -2.15. The number of methoxy groups -OCH3 is 2. The van der Waals surface area contributed by atoms with E-state index >= 15 is 0 Å². The smallest absolute Gasteiger partial charge is 0.343 e. The SMILES string of the molecule is CCN(CC)CC[n+]1cccc(C(=O)OC)c1.COC(=O)c1cccnc1.[I-]. The normalized spacial score (nSPS) is 9.61. The number of ether oxygens (including phenoxy) is 2. The molecule has 2 rings (SSSR count). The Labute approximate surface area is 183 Å². The Morgan fingerprint density at radius 1 is 1.04 bits per heavy atom. The van der Waals surface area contributed by atoms with Crippen LogP contribution in [0.4, 0.5) is 0 Å². The van der Waals surface area contributed by atoms with E-state index in [1.165, 1.54) is 20.4 Å². The Balaban J connectivity index is 0.000000567. The zero-order valence-electron chi connectivity index (χ0n) is 16.8. The zero-order valence-corrected chi connectivity index (χ0v) is 19.0. The lowest BCUT2D eigenvalue weighted by atomic mass is 10.3. The van der Waals surface area contributed by atoms with Crippen LogP contribution in [0.2, 0.25) is 0 Å². The summed E-state index contributed by atoms with van der Waals surface area (Å²) < 4.78 is 11.2. The van der Waals surface area contributed by atoms with Gasteiger partial charge >= 0.3 is 11.9 Å². The van der Waals surface area contributed by atoms with Crippen molar-refractivity contribution < 1.29 is 47.6 Å². The predicted molar refractivity (Wildman–Crippen MR) is 101 cm³/mol. The highest BCUT2D eigenvalue weighted by molar-refractivity contribution is 5.89. The van der Waals surface area contributed by atoms with Crippen LogP contribution >= 0.6 is 0 Å². The molecular formula is C20H28IN3O4. The molecule has 0 saturated heterocycles. The molecule has 8 heteroatoms. The van der Waals surface area contributed by atoms with E-state index in [0.717, 1.165) is 26.2 Å². The largest absolute Gasteiger partial charge is 1.00 e. The van der Waals surface area contributed by atoms with E-state index in [2.05, 4.69) is 28.5 Å². The number of nitrogens with zero attached hydrogens (tertiary/aromatic N) is 3. The van der Waals surface area contributed by atoms with Gasteiger partial charge in [-0.3, -0.25) is 9.88 Å². The minimum absolute atomic E-state index is 0. The summed E-state index contributed by atoms with van der Waals surface area (Å²) in [6.07, 6.45) is 6.86. The van der Waals surface area contributed by atoms with Crippen LogP contribution in [0.1, 0.15) is 34.6 Å². The van der Waals surface area contributed by atoms with Gasteiger partial charge in [-0.25, -0.2) is 14.2 Å². The van der Waals surface area contributed by atoms with E-state index in [4.69, 9.17) is 4.74 Å². The number of hydrogen-bond acceptors (Lipinski definition) is 6. The molecule has 0 aromatic carbocycles. The van der Waals surface area contributed by atoms with Gasteiger partial charge in [0, 0.05) is 18.5 Å². The Morgan fingerprint density at radius 2 is 1.64 bits per heavy atom. The molecule has 7 nitrogen and oxygen atoms in total. The fourth-order valence-corrected chi connectivity index (χ4v) is 2.30. The maximum absolute atomic E-state index is 11.4. The van der Waals surface area contributed by atoms with Crippen molar-refractivity contribution in [1.82, 2.24) is 9.88 Å². The lowest BCUT2D eigenvalue weighted by molar-refractivity contribution is -0.696. The molecule has 2 heterocycles. The van der Waals surface area contributed by atoms with Crippen LogP contribution in [0.15, 0.2) is 49.1 Å². The van der Waals surface area contributed by atoms with Gasteiger partial charge < -0.3 is 33.5 Å². The fraction of sp³-hybridized carbons (Fsp3) is 0.400. The number of pyridine rings is 2. The highest BCUT2D eigenvalue weighted by Gasteiger charge is 2.11. The summed E-state index contributed by atoms with van der Waals surface area (Å²) in [5.74, 6) is -0.643. The van der Waals surface area contributed by atoms with Gasteiger partial charge in [0.05, 0.1) is 26.3 Å². The second-order valence-electron chi connectivity index (χ2n) is 5.58. The Hall–Kier alpha value is -2.07. The number of esters is 2. The maximum Gasteiger partial charge on any atom is 0.343 e. The van der Waals surface area contributed by atoms with E-state index in [-0.39, 0.29) is 35.9 Å². The monoisotopic (exact) mass is 501 g/mol.